The Labute approximate surface area is 139 Å². The van der Waals surface area contributed by atoms with E-state index < -0.39 is 0 Å². The summed E-state index contributed by atoms with van der Waals surface area (Å²) in [6.07, 6.45) is 3.89. The van der Waals surface area contributed by atoms with Gasteiger partial charge in [-0.25, -0.2) is 0 Å². The van der Waals surface area contributed by atoms with Crippen LogP contribution >= 0.6 is 28.1 Å². The second-order valence-electron chi connectivity index (χ2n) is 5.10. The van der Waals surface area contributed by atoms with Crippen molar-refractivity contribution in [3.05, 3.63) is 22.2 Å². The minimum absolute atomic E-state index is 0.308. The molecule has 0 bridgehead atoms. The molecule has 0 saturated carbocycles. The molecule has 0 unspecified atom stereocenters. The van der Waals surface area contributed by atoms with Gasteiger partial charge in [-0.2, -0.15) is 0 Å². The molecule has 0 amide bonds. The predicted octanol–water partition coefficient (Wildman–Crippen LogP) is 2.96. The summed E-state index contributed by atoms with van der Waals surface area (Å²) >= 11 is 8.53. The number of hydrogen-bond donors (Lipinski definition) is 1. The molecule has 1 aliphatic heterocycles. The highest BCUT2D eigenvalue weighted by atomic mass is 79.9. The van der Waals surface area contributed by atoms with Crippen LogP contribution in [0.3, 0.4) is 0 Å². The van der Waals surface area contributed by atoms with Crippen molar-refractivity contribution in [2.45, 2.75) is 19.3 Å². The monoisotopic (exact) mass is 372 g/mol. The number of piperidine rings is 1. The number of halogens is 1. The van der Waals surface area contributed by atoms with E-state index >= 15 is 0 Å². The summed E-state index contributed by atoms with van der Waals surface area (Å²) < 4.78 is 12.2. The second kappa shape index (κ2) is 7.96. The molecule has 0 spiro atoms. The molecule has 0 aromatic heterocycles. The maximum Gasteiger partial charge on any atom is 0.171 e. The summed E-state index contributed by atoms with van der Waals surface area (Å²) in [5, 5.41) is 0. The van der Waals surface area contributed by atoms with Crippen LogP contribution < -0.4 is 15.2 Å². The first kappa shape index (κ1) is 16.5. The molecule has 0 atom stereocenters. The fraction of sp³-hybridized carbons (Fsp3) is 0.533. The van der Waals surface area contributed by atoms with Gasteiger partial charge in [-0.1, -0.05) is 34.6 Å². The minimum Gasteiger partial charge on any atom is -0.493 e. The third kappa shape index (κ3) is 4.56. The molecule has 0 aliphatic carbocycles. The van der Waals surface area contributed by atoms with Gasteiger partial charge in [0.15, 0.2) is 11.5 Å². The van der Waals surface area contributed by atoms with Gasteiger partial charge in [-0.3, -0.25) is 4.90 Å². The van der Waals surface area contributed by atoms with Crippen LogP contribution in [-0.2, 0) is 0 Å². The normalized spacial score (nSPS) is 15.7. The average molecular weight is 373 g/mol. The van der Waals surface area contributed by atoms with Crippen LogP contribution in [0.5, 0.6) is 11.5 Å². The number of thiocarbonyl (C=S) groups is 1. The van der Waals surface area contributed by atoms with Crippen molar-refractivity contribution in [3.8, 4) is 11.5 Å². The van der Waals surface area contributed by atoms with Crippen molar-refractivity contribution in [1.82, 2.24) is 4.90 Å². The smallest absolute Gasteiger partial charge is 0.171 e. The van der Waals surface area contributed by atoms with Gasteiger partial charge in [0.05, 0.1) is 12.7 Å². The summed E-state index contributed by atoms with van der Waals surface area (Å²) in [7, 11) is 1.61. The number of rotatable bonds is 6. The van der Waals surface area contributed by atoms with Crippen LogP contribution in [0.25, 0.3) is 0 Å². The van der Waals surface area contributed by atoms with Gasteiger partial charge in [0.1, 0.15) is 11.6 Å². The Morgan fingerprint density at radius 2 is 2.05 bits per heavy atom. The zero-order valence-electron chi connectivity index (χ0n) is 12.2. The van der Waals surface area contributed by atoms with Crippen molar-refractivity contribution in [1.29, 1.82) is 0 Å². The molecule has 1 fully saturated rings. The summed E-state index contributed by atoms with van der Waals surface area (Å²) in [5.41, 5.74) is 6.49. The third-order valence-electron chi connectivity index (χ3n) is 3.61. The Morgan fingerprint density at radius 3 is 2.67 bits per heavy atom. The highest BCUT2D eigenvalue weighted by Crippen LogP contribution is 2.34. The summed E-state index contributed by atoms with van der Waals surface area (Å²) in [5.74, 6) is 1.27. The molecule has 4 nitrogen and oxygen atoms in total. The highest BCUT2D eigenvalue weighted by Gasteiger charge is 2.16. The van der Waals surface area contributed by atoms with Crippen LogP contribution in [0.15, 0.2) is 16.6 Å². The maximum atomic E-state index is 5.92. The summed E-state index contributed by atoms with van der Waals surface area (Å²) in [4.78, 5) is 2.73. The van der Waals surface area contributed by atoms with Gasteiger partial charge in [0, 0.05) is 11.0 Å². The lowest BCUT2D eigenvalue weighted by Crippen LogP contribution is -2.33. The molecule has 0 radical (unpaired) electrons. The van der Waals surface area contributed by atoms with Crippen LogP contribution in [0.1, 0.15) is 24.8 Å². The molecule has 1 aromatic rings. The molecular weight excluding hydrogens is 352 g/mol. The molecule has 1 aliphatic rings. The fourth-order valence-electron chi connectivity index (χ4n) is 2.51. The van der Waals surface area contributed by atoms with E-state index in [1.807, 2.05) is 12.1 Å². The highest BCUT2D eigenvalue weighted by molar-refractivity contribution is 9.10. The number of likely N-dealkylation sites (tertiary alicyclic amines) is 1. The zero-order valence-corrected chi connectivity index (χ0v) is 14.6. The lowest BCUT2D eigenvalue weighted by Gasteiger charge is -2.26. The molecule has 1 heterocycles. The van der Waals surface area contributed by atoms with Gasteiger partial charge in [-0.15, -0.1) is 0 Å². The van der Waals surface area contributed by atoms with Gasteiger partial charge in [0.25, 0.3) is 0 Å². The van der Waals surface area contributed by atoms with E-state index in [9.17, 15) is 0 Å². The van der Waals surface area contributed by atoms with Crippen LogP contribution in [-0.4, -0.2) is 43.2 Å². The first-order valence-corrected chi connectivity index (χ1v) is 8.34. The lowest BCUT2D eigenvalue weighted by molar-refractivity contribution is 0.180. The first-order chi connectivity index (χ1) is 10.1. The molecule has 6 heteroatoms. The quantitative estimate of drug-likeness (QED) is 0.777. The standard InChI is InChI=1S/C15H21BrN2O2S/c1-19-13-10-11(16)9-12(15(17)21)14(13)20-8-7-18-5-3-2-4-6-18/h9-10H,2-8H2,1H3,(H2,17,21). The number of methoxy groups -OCH3 is 1. The molecule has 2 N–H and O–H groups in total. The molecule has 21 heavy (non-hydrogen) atoms. The van der Waals surface area contributed by atoms with Crippen molar-refractivity contribution >= 4 is 33.1 Å². The summed E-state index contributed by atoms with van der Waals surface area (Å²) in [6, 6.07) is 3.72. The molecule has 116 valence electrons. The van der Waals surface area contributed by atoms with Crippen LogP contribution in [0, 0.1) is 0 Å². The zero-order chi connectivity index (χ0) is 15.2. The average Bonchev–Trinajstić information content (AvgIpc) is 2.49. The van der Waals surface area contributed by atoms with E-state index in [1.54, 1.807) is 7.11 Å². The van der Waals surface area contributed by atoms with E-state index in [-0.39, 0.29) is 0 Å². The van der Waals surface area contributed by atoms with E-state index in [0.29, 0.717) is 28.7 Å². The molecule has 1 saturated heterocycles. The van der Waals surface area contributed by atoms with Crippen molar-refractivity contribution in [2.24, 2.45) is 5.73 Å². The van der Waals surface area contributed by atoms with Crippen molar-refractivity contribution in [3.63, 3.8) is 0 Å². The Kier molecular flexibility index (Phi) is 6.26. The number of nitrogens with two attached hydrogens (primary N) is 1. The van der Waals surface area contributed by atoms with Gasteiger partial charge in [-0.05, 0) is 38.1 Å². The first-order valence-electron chi connectivity index (χ1n) is 7.14. The Hall–Kier alpha value is -0.850. The maximum absolute atomic E-state index is 5.92. The van der Waals surface area contributed by atoms with Gasteiger partial charge >= 0.3 is 0 Å². The SMILES string of the molecule is COc1cc(Br)cc(C(N)=S)c1OCCN1CCCCC1. The topological polar surface area (TPSA) is 47.7 Å². The molecule has 2 rings (SSSR count). The molecule has 1 aromatic carbocycles. The summed E-state index contributed by atoms with van der Waals surface area (Å²) in [6.45, 7) is 3.83. The number of hydrogen-bond acceptors (Lipinski definition) is 4. The van der Waals surface area contributed by atoms with E-state index in [1.165, 1.54) is 19.3 Å². The van der Waals surface area contributed by atoms with Gasteiger partial charge < -0.3 is 15.2 Å². The van der Waals surface area contributed by atoms with Crippen molar-refractivity contribution in [2.75, 3.05) is 33.4 Å². The Balaban J connectivity index is 2.05. The van der Waals surface area contributed by atoms with E-state index in [0.717, 1.165) is 24.1 Å². The van der Waals surface area contributed by atoms with Gasteiger partial charge in [0.2, 0.25) is 0 Å². The second-order valence-corrected chi connectivity index (χ2v) is 6.46. The predicted molar refractivity (Wildman–Crippen MR) is 92.4 cm³/mol. The molecular formula is C15H21BrN2O2S. The Bertz CT molecular complexity index is 505. The van der Waals surface area contributed by atoms with Crippen LogP contribution in [0.4, 0.5) is 0 Å². The minimum atomic E-state index is 0.308. The Morgan fingerprint density at radius 1 is 1.33 bits per heavy atom. The number of ether oxygens (including phenoxy) is 2. The number of benzene rings is 1. The fourth-order valence-corrected chi connectivity index (χ4v) is 3.10. The lowest BCUT2D eigenvalue weighted by atomic mass is 10.1. The largest absolute Gasteiger partial charge is 0.493 e. The number of nitrogens with zero attached hydrogens (tertiary/aromatic N) is 1. The third-order valence-corrected chi connectivity index (χ3v) is 4.29. The van der Waals surface area contributed by atoms with Crippen LogP contribution in [0.2, 0.25) is 0 Å². The van der Waals surface area contributed by atoms with Crippen molar-refractivity contribution < 1.29 is 9.47 Å². The van der Waals surface area contributed by atoms with E-state index in [2.05, 4.69) is 20.8 Å². The van der Waals surface area contributed by atoms with E-state index in [4.69, 9.17) is 27.4 Å².